The molecule has 0 aromatic heterocycles. The number of halogens is 1. The molecule has 3 rings (SSSR count). The summed E-state index contributed by atoms with van der Waals surface area (Å²) in [6, 6.07) is 5.01. The lowest BCUT2D eigenvalue weighted by Gasteiger charge is -2.17. The number of anilines is 2. The number of rotatable bonds is 5. The van der Waals surface area contributed by atoms with E-state index in [2.05, 4.69) is 10.2 Å². The molecule has 1 aliphatic heterocycles. The quantitative estimate of drug-likeness (QED) is 0.853. The number of ether oxygens (including phenoxy) is 1. The summed E-state index contributed by atoms with van der Waals surface area (Å²) in [4.78, 5) is 25.0. The number of nitrogens with one attached hydrogen (secondary N) is 1. The van der Waals surface area contributed by atoms with Gasteiger partial charge in [-0.2, -0.15) is 0 Å². The van der Waals surface area contributed by atoms with E-state index in [0.29, 0.717) is 12.1 Å². The molecule has 6 heteroatoms. The highest BCUT2D eigenvalue weighted by atomic mass is 19.1. The first kappa shape index (κ1) is 14.7. The van der Waals surface area contributed by atoms with Crippen molar-refractivity contribution in [2.75, 3.05) is 25.5 Å². The Bertz CT molecular complexity index is 759. The molecule has 1 heterocycles. The van der Waals surface area contributed by atoms with Gasteiger partial charge in [0.1, 0.15) is 5.69 Å². The van der Waals surface area contributed by atoms with Crippen LogP contribution in [0.25, 0.3) is 0 Å². The maximum atomic E-state index is 14.6. The summed E-state index contributed by atoms with van der Waals surface area (Å²) in [5, 5.41) is 2.68. The molecular weight excluding hydrogens is 287 g/mol. The fourth-order valence-corrected chi connectivity index (χ4v) is 2.79. The lowest BCUT2D eigenvalue weighted by Crippen LogP contribution is -2.34. The average molecular weight is 304 g/mol. The van der Waals surface area contributed by atoms with E-state index in [4.69, 9.17) is 4.74 Å². The van der Waals surface area contributed by atoms with Gasteiger partial charge in [-0.05, 0) is 32.0 Å². The van der Waals surface area contributed by atoms with Crippen LogP contribution >= 0.6 is 0 Å². The Labute approximate surface area is 127 Å². The summed E-state index contributed by atoms with van der Waals surface area (Å²) in [6.45, 7) is 2.50. The lowest BCUT2D eigenvalue weighted by molar-refractivity contribution is 0.325. The van der Waals surface area contributed by atoms with E-state index in [9.17, 15) is 14.0 Å². The summed E-state index contributed by atoms with van der Waals surface area (Å²) >= 11 is 0. The van der Waals surface area contributed by atoms with Crippen LogP contribution in [0.2, 0.25) is 0 Å². The van der Waals surface area contributed by atoms with Crippen LogP contribution in [0.5, 0.6) is 5.75 Å². The molecule has 1 aliphatic rings. The molecule has 0 unspecified atom stereocenters. The Hall–Kier alpha value is -2.21. The Balaban J connectivity index is 1.83. The summed E-state index contributed by atoms with van der Waals surface area (Å²) < 4.78 is 19.4. The molecule has 0 saturated carbocycles. The molecule has 116 valence electrons. The topological polar surface area (TPSA) is 58.6 Å². The zero-order valence-corrected chi connectivity index (χ0v) is 12.3. The van der Waals surface area contributed by atoms with Crippen molar-refractivity contribution in [3.63, 3.8) is 0 Å². The van der Waals surface area contributed by atoms with Gasteiger partial charge in [0.05, 0.1) is 12.8 Å². The molecule has 0 atom stereocenters. The molecular formula is C16H17FN2O3. The molecule has 1 N–H and O–H groups in total. The fourth-order valence-electron chi connectivity index (χ4n) is 2.79. The largest absolute Gasteiger partial charge is 0.491 e. The molecule has 0 aliphatic carbocycles. The molecule has 0 radical (unpaired) electrons. The number of hydrogen-bond acceptors (Lipinski definition) is 5. The van der Waals surface area contributed by atoms with Gasteiger partial charge in [0.25, 0.3) is 10.9 Å². The number of likely N-dealkylation sites (tertiary alicyclic amines) is 1. The fraction of sp³-hybridized carbons (Fsp3) is 0.375. The molecule has 1 fully saturated rings. The predicted molar refractivity (Wildman–Crippen MR) is 82.1 cm³/mol. The smallest absolute Gasteiger partial charge is 0.272 e. The van der Waals surface area contributed by atoms with Crippen molar-refractivity contribution in [3.05, 3.63) is 50.0 Å². The minimum Gasteiger partial charge on any atom is -0.491 e. The number of methoxy groups -OCH3 is 1. The summed E-state index contributed by atoms with van der Waals surface area (Å²) in [5.74, 6) is -0.446. The zero-order chi connectivity index (χ0) is 15.7. The van der Waals surface area contributed by atoms with E-state index in [1.165, 1.54) is 7.11 Å². The molecule has 0 amide bonds. The van der Waals surface area contributed by atoms with E-state index in [1.807, 2.05) is 0 Å². The van der Waals surface area contributed by atoms with Crippen LogP contribution in [-0.4, -0.2) is 25.1 Å². The molecule has 22 heavy (non-hydrogen) atoms. The first-order valence-electron chi connectivity index (χ1n) is 7.26. The third kappa shape index (κ3) is 2.50. The van der Waals surface area contributed by atoms with Crippen LogP contribution in [0.4, 0.5) is 15.8 Å². The number of hydrogen-bond donors (Lipinski definition) is 1. The average Bonchev–Trinajstić information content (AvgIpc) is 3.03. The normalized spacial score (nSPS) is 15.4. The van der Waals surface area contributed by atoms with Gasteiger partial charge in [-0.15, -0.1) is 0 Å². The van der Waals surface area contributed by atoms with Crippen molar-refractivity contribution in [1.82, 2.24) is 4.90 Å². The van der Waals surface area contributed by atoms with Crippen molar-refractivity contribution in [3.8, 4) is 5.75 Å². The molecule has 0 bridgehead atoms. The van der Waals surface area contributed by atoms with Gasteiger partial charge in [0, 0.05) is 12.1 Å². The molecule has 1 saturated heterocycles. The van der Waals surface area contributed by atoms with E-state index >= 15 is 0 Å². The van der Waals surface area contributed by atoms with Crippen LogP contribution < -0.4 is 20.9 Å². The van der Waals surface area contributed by atoms with Crippen LogP contribution in [0.15, 0.2) is 27.8 Å². The molecule has 2 aromatic rings. The van der Waals surface area contributed by atoms with Crippen LogP contribution in [-0.2, 0) is 6.54 Å². The van der Waals surface area contributed by atoms with E-state index < -0.39 is 16.7 Å². The molecule has 5 nitrogen and oxygen atoms in total. The lowest BCUT2D eigenvalue weighted by atomic mass is 10.1. The van der Waals surface area contributed by atoms with E-state index in [0.717, 1.165) is 25.9 Å². The van der Waals surface area contributed by atoms with Crippen LogP contribution in [0.1, 0.15) is 18.4 Å². The highest BCUT2D eigenvalue weighted by molar-refractivity contribution is 5.70. The van der Waals surface area contributed by atoms with Gasteiger partial charge in [0.2, 0.25) is 0 Å². The van der Waals surface area contributed by atoms with Gasteiger partial charge in [-0.1, -0.05) is 12.1 Å². The van der Waals surface area contributed by atoms with Crippen molar-refractivity contribution < 1.29 is 9.13 Å². The standard InChI is InChI=1S/C16H17FN2O3/c1-22-16-13(14(20)15(16)21)18-11-6-4-5-10(12(11)17)9-19-7-2-3-8-19/h4-6,18H,2-3,7-9H2,1H3. The third-order valence-corrected chi connectivity index (χ3v) is 4.00. The predicted octanol–water partition coefficient (Wildman–Crippen LogP) is 1.77. The van der Waals surface area contributed by atoms with Gasteiger partial charge >= 0.3 is 0 Å². The summed E-state index contributed by atoms with van der Waals surface area (Å²) in [6.07, 6.45) is 2.28. The Morgan fingerprint density at radius 1 is 1.23 bits per heavy atom. The van der Waals surface area contributed by atoms with Gasteiger partial charge < -0.3 is 10.1 Å². The monoisotopic (exact) mass is 304 g/mol. The van der Waals surface area contributed by atoms with E-state index in [1.54, 1.807) is 18.2 Å². The maximum Gasteiger partial charge on any atom is 0.272 e. The first-order valence-corrected chi connectivity index (χ1v) is 7.26. The Kier molecular flexibility index (Phi) is 3.94. The first-order chi connectivity index (χ1) is 10.6. The summed E-state index contributed by atoms with van der Waals surface area (Å²) in [7, 11) is 1.31. The zero-order valence-electron chi connectivity index (χ0n) is 12.3. The van der Waals surface area contributed by atoms with Gasteiger partial charge in [-0.25, -0.2) is 4.39 Å². The highest BCUT2D eigenvalue weighted by Crippen LogP contribution is 2.26. The van der Waals surface area contributed by atoms with Crippen LogP contribution in [0, 0.1) is 5.82 Å². The second kappa shape index (κ2) is 5.88. The highest BCUT2D eigenvalue weighted by Gasteiger charge is 2.23. The number of benzene rings is 1. The Morgan fingerprint density at radius 3 is 2.64 bits per heavy atom. The second-order valence-electron chi connectivity index (χ2n) is 5.45. The Morgan fingerprint density at radius 2 is 1.95 bits per heavy atom. The van der Waals surface area contributed by atoms with Crippen LogP contribution in [0.3, 0.4) is 0 Å². The van der Waals surface area contributed by atoms with Gasteiger partial charge in [-0.3, -0.25) is 14.5 Å². The van der Waals surface area contributed by atoms with Crippen molar-refractivity contribution >= 4 is 11.4 Å². The SMILES string of the molecule is COc1c(Nc2cccc(CN3CCCC3)c2F)c(=O)c1=O. The second-order valence-corrected chi connectivity index (χ2v) is 5.45. The van der Waals surface area contributed by atoms with Gasteiger partial charge in [0.15, 0.2) is 11.6 Å². The van der Waals surface area contributed by atoms with Crippen molar-refractivity contribution in [2.24, 2.45) is 0 Å². The van der Waals surface area contributed by atoms with E-state index in [-0.39, 0.29) is 17.1 Å². The maximum absolute atomic E-state index is 14.6. The molecule has 0 spiro atoms. The minimum atomic E-state index is -0.682. The van der Waals surface area contributed by atoms with Crippen molar-refractivity contribution in [1.29, 1.82) is 0 Å². The minimum absolute atomic E-state index is 0.0183. The summed E-state index contributed by atoms with van der Waals surface area (Å²) in [5.41, 5.74) is -0.587. The third-order valence-electron chi connectivity index (χ3n) is 4.00. The molecule has 2 aromatic carbocycles. The number of nitrogens with zero attached hydrogens (tertiary/aromatic N) is 1. The van der Waals surface area contributed by atoms with Crippen molar-refractivity contribution in [2.45, 2.75) is 19.4 Å².